The third-order valence-electron chi connectivity index (χ3n) is 14.4. The topological polar surface area (TPSA) is 78.9 Å². The van der Waals surface area contributed by atoms with E-state index in [0.29, 0.717) is 22.8 Å². The standard InChI is InChI=1S/C67H47N8O.Pt/c1-43-19-17-27-53-64(43)72(42-69-63-49(44-20-7-5-8-21-44)25-18-26-50(63)45-22-9-6-10-23-45)61-41-48(34-36-59(61)74-57-31-15-13-29-55(57)71-66(74)75-58-32-16-12-28-54(58)70-65(53)75)76-47-33-35-52-51-24-11-14-30-56(51)73(60(52)40-47)62-39-46(37-38-68-62)67(2,3)4;/h5-39H,1-4H3;/q-3;. The van der Waals surface area contributed by atoms with Gasteiger partial charge in [0.2, 0.25) is 5.78 Å². The summed E-state index contributed by atoms with van der Waals surface area (Å²) in [6.07, 6.45) is 5.59. The van der Waals surface area contributed by atoms with Crippen LogP contribution in [0.3, 0.4) is 0 Å². The Kier molecular flexibility index (Phi) is 11.7. The van der Waals surface area contributed by atoms with Gasteiger partial charge in [-0.2, -0.15) is 18.2 Å². The van der Waals surface area contributed by atoms with E-state index >= 15 is 0 Å². The molecule has 9 aromatic carbocycles. The van der Waals surface area contributed by atoms with E-state index < -0.39 is 0 Å². The molecule has 9 nitrogen and oxygen atoms in total. The van der Waals surface area contributed by atoms with E-state index in [1.807, 2.05) is 59.3 Å². The van der Waals surface area contributed by atoms with Gasteiger partial charge in [-0.05, 0) is 93.5 Å². The average molecular weight is 1180 g/mol. The van der Waals surface area contributed by atoms with Crippen LogP contribution < -0.4 is 4.74 Å². The van der Waals surface area contributed by atoms with Crippen LogP contribution in [0.25, 0.3) is 105 Å². The van der Waals surface area contributed by atoms with Crippen molar-refractivity contribution in [1.82, 2.24) is 32.9 Å². The second-order valence-corrected chi connectivity index (χ2v) is 20.2. The molecule has 5 heterocycles. The van der Waals surface area contributed by atoms with Gasteiger partial charge in [0, 0.05) is 61.7 Å². The van der Waals surface area contributed by atoms with E-state index in [1.165, 1.54) is 5.56 Å². The summed E-state index contributed by atoms with van der Waals surface area (Å²) in [6, 6.07) is 78.3. The molecule has 0 unspecified atom stereocenters. The molecule has 0 aliphatic rings. The van der Waals surface area contributed by atoms with E-state index in [0.717, 1.165) is 105 Å². The number of aryl methyl sites for hydroxylation is 1. The Morgan fingerprint density at radius 3 is 1.84 bits per heavy atom. The molecule has 14 rings (SSSR count). The normalized spacial score (nSPS) is 12.0. The zero-order valence-corrected chi connectivity index (χ0v) is 44.8. The van der Waals surface area contributed by atoms with Crippen molar-refractivity contribution in [3.8, 4) is 39.6 Å². The Morgan fingerprint density at radius 2 is 1.13 bits per heavy atom. The van der Waals surface area contributed by atoms with Crippen molar-refractivity contribution >= 4 is 89.3 Å². The number of rotatable bonds is 7. The van der Waals surface area contributed by atoms with Crippen molar-refractivity contribution in [3.05, 3.63) is 236 Å². The summed E-state index contributed by atoms with van der Waals surface area (Å²) in [7, 11) is 0. The number of para-hydroxylation sites is 7. The van der Waals surface area contributed by atoms with E-state index in [2.05, 4.69) is 217 Å². The van der Waals surface area contributed by atoms with Crippen molar-refractivity contribution in [2.24, 2.45) is 4.99 Å². The number of hydrogen-bond donors (Lipinski definition) is 0. The Hall–Kier alpha value is -9.17. The summed E-state index contributed by atoms with van der Waals surface area (Å²) in [5.41, 5.74) is 15.2. The van der Waals surface area contributed by atoms with E-state index in [9.17, 15) is 0 Å². The van der Waals surface area contributed by atoms with Gasteiger partial charge >= 0.3 is 0 Å². The maximum atomic E-state index is 6.99. The van der Waals surface area contributed by atoms with Crippen molar-refractivity contribution in [2.75, 3.05) is 0 Å². The van der Waals surface area contributed by atoms with Gasteiger partial charge in [0.15, 0.2) is 0 Å². The second-order valence-electron chi connectivity index (χ2n) is 20.2. The smallest absolute Gasteiger partial charge is 0.209 e. The van der Waals surface area contributed by atoms with Crippen LogP contribution in [0.1, 0.15) is 31.9 Å². The van der Waals surface area contributed by atoms with E-state index in [1.54, 1.807) is 0 Å². The molecular formula is C67H47N8OPt-3. The molecule has 0 amide bonds. The first-order valence-electron chi connectivity index (χ1n) is 25.5. The number of aromatic nitrogens is 7. The summed E-state index contributed by atoms with van der Waals surface area (Å²) in [5.74, 6) is 2.48. The first-order chi connectivity index (χ1) is 37.2. The number of imidazole rings is 2. The van der Waals surface area contributed by atoms with Crippen LogP contribution >= 0.6 is 0 Å². The molecule has 0 bridgehead atoms. The Balaban J connectivity index is 0.00000566. The Labute approximate surface area is 458 Å². The monoisotopic (exact) mass is 1170 g/mol. The molecule has 0 aliphatic heterocycles. The van der Waals surface area contributed by atoms with Crippen LogP contribution in [-0.4, -0.2) is 39.2 Å². The zero-order valence-electron chi connectivity index (χ0n) is 42.5. The molecule has 77 heavy (non-hydrogen) atoms. The van der Waals surface area contributed by atoms with Crippen molar-refractivity contribution in [1.29, 1.82) is 0 Å². The molecule has 374 valence electrons. The SMILES string of the molecule is Cc1cccc2c1n([C-]=Nc1c(-c3ccccc3)cccc1-c1ccccc1)c1[c-]c(Oc3[c-]c4c(cc3)c3ccccc3n4-c3cc(C(C)(C)C)ccn3)ccc1n1c3ccccc3nc1n1c3ccccc3nc21.[Pt]. The van der Waals surface area contributed by atoms with Gasteiger partial charge in [0.25, 0.3) is 0 Å². The predicted molar refractivity (Wildman–Crippen MR) is 309 cm³/mol. The molecule has 0 spiro atoms. The van der Waals surface area contributed by atoms with E-state index in [-0.39, 0.29) is 26.5 Å². The van der Waals surface area contributed by atoms with Gasteiger partial charge in [-0.1, -0.05) is 177 Å². The molecule has 0 saturated carbocycles. The minimum atomic E-state index is -0.0734. The van der Waals surface area contributed by atoms with Crippen LogP contribution in [0, 0.1) is 19.1 Å². The van der Waals surface area contributed by atoms with Gasteiger partial charge in [-0.15, -0.1) is 29.1 Å². The minimum Gasteiger partial charge on any atom is -0.510 e. The molecule has 0 saturated heterocycles. The van der Waals surface area contributed by atoms with Crippen molar-refractivity contribution in [3.63, 3.8) is 0 Å². The Bertz CT molecular complexity index is 4670. The summed E-state index contributed by atoms with van der Waals surface area (Å²) in [5, 5.41) is 3.01. The quantitative estimate of drug-likeness (QED) is 0.0905. The first kappa shape index (κ1) is 47.5. The number of aliphatic imine (C=N–C) groups is 1. The van der Waals surface area contributed by atoms with Gasteiger partial charge in [-0.3, -0.25) is 4.40 Å². The van der Waals surface area contributed by atoms with Gasteiger partial charge in [0.05, 0.1) is 22.1 Å². The molecule has 0 fully saturated rings. The van der Waals surface area contributed by atoms with Crippen LogP contribution in [0.15, 0.2) is 217 Å². The third-order valence-corrected chi connectivity index (χ3v) is 14.4. The largest absolute Gasteiger partial charge is 0.510 e. The van der Waals surface area contributed by atoms with Crippen LogP contribution in [0.4, 0.5) is 5.69 Å². The fraction of sp³-hybridized carbons (Fsp3) is 0.0746. The Morgan fingerprint density at radius 1 is 0.532 bits per heavy atom. The fourth-order valence-corrected chi connectivity index (χ4v) is 10.8. The summed E-state index contributed by atoms with van der Waals surface area (Å²) in [4.78, 5) is 21.3. The van der Waals surface area contributed by atoms with Crippen LogP contribution in [0.5, 0.6) is 11.5 Å². The maximum Gasteiger partial charge on any atom is 0.209 e. The molecular weight excluding hydrogens is 1130 g/mol. The van der Waals surface area contributed by atoms with Crippen molar-refractivity contribution in [2.45, 2.75) is 33.1 Å². The average Bonchev–Trinajstić information content (AvgIpc) is 4.17. The summed E-state index contributed by atoms with van der Waals surface area (Å²) < 4.78 is 15.6. The molecule has 0 radical (unpaired) electrons. The fourth-order valence-electron chi connectivity index (χ4n) is 10.8. The zero-order chi connectivity index (χ0) is 51.1. The first-order valence-corrected chi connectivity index (χ1v) is 25.5. The predicted octanol–water partition coefficient (Wildman–Crippen LogP) is 16.4. The van der Waals surface area contributed by atoms with Gasteiger partial charge in [-0.25, -0.2) is 15.0 Å². The molecule has 0 N–H and O–H groups in total. The molecule has 10 heteroatoms. The second kappa shape index (κ2) is 18.9. The van der Waals surface area contributed by atoms with Crippen LogP contribution in [0.2, 0.25) is 0 Å². The molecule has 0 atom stereocenters. The maximum absolute atomic E-state index is 6.99. The number of nitrogens with zero attached hydrogens (tertiary/aromatic N) is 8. The van der Waals surface area contributed by atoms with E-state index in [4.69, 9.17) is 24.7 Å². The number of hydrogen-bond acceptors (Lipinski definition) is 5. The number of pyridine rings is 1. The molecule has 0 aliphatic carbocycles. The van der Waals surface area contributed by atoms with Gasteiger partial charge < -0.3 is 23.3 Å². The summed E-state index contributed by atoms with van der Waals surface area (Å²) in [6.45, 7) is 8.79. The third kappa shape index (κ3) is 8.05. The number of ether oxygens (including phenoxy) is 1. The number of benzene rings is 9. The minimum absolute atomic E-state index is 0. The molecule has 14 aromatic rings. The molecule has 5 aromatic heterocycles. The number of fused-ring (bicyclic) bond motifs is 14. The van der Waals surface area contributed by atoms with Crippen molar-refractivity contribution < 1.29 is 25.8 Å². The van der Waals surface area contributed by atoms with Crippen LogP contribution in [-0.2, 0) is 26.5 Å². The van der Waals surface area contributed by atoms with Gasteiger partial charge in [0.1, 0.15) is 11.5 Å². The summed E-state index contributed by atoms with van der Waals surface area (Å²) >= 11 is 0.